The van der Waals surface area contributed by atoms with Gasteiger partial charge in [0, 0.05) is 12.8 Å². The van der Waals surface area contributed by atoms with Crippen LogP contribution >= 0.6 is 0 Å². The van der Waals surface area contributed by atoms with E-state index in [4.69, 9.17) is 4.74 Å². The third kappa shape index (κ3) is 57.0. The first kappa shape index (κ1) is 68.8. The van der Waals surface area contributed by atoms with Gasteiger partial charge in [-0.15, -0.1) is 0 Å². The molecule has 0 aromatic heterocycles. The number of unbranched alkanes of at least 4 members (excludes halogenated alkanes) is 41. The van der Waals surface area contributed by atoms with Crippen molar-refractivity contribution < 1.29 is 24.5 Å². The van der Waals surface area contributed by atoms with E-state index in [1.165, 1.54) is 218 Å². The largest absolute Gasteiger partial charge is 0.466 e. The van der Waals surface area contributed by atoms with Gasteiger partial charge < -0.3 is 20.3 Å². The molecule has 416 valence electrons. The maximum absolute atomic E-state index is 12.5. The number of hydrogen-bond donors (Lipinski definition) is 3. The lowest BCUT2D eigenvalue weighted by Crippen LogP contribution is -2.45. The van der Waals surface area contributed by atoms with E-state index >= 15 is 0 Å². The third-order valence-corrected chi connectivity index (χ3v) is 14.3. The normalized spacial score (nSPS) is 12.9. The Morgan fingerprint density at radius 2 is 0.718 bits per heavy atom. The molecular weight excluding hydrogens is 875 g/mol. The van der Waals surface area contributed by atoms with Gasteiger partial charge >= 0.3 is 5.97 Å². The molecule has 0 spiro atoms. The second kappa shape index (κ2) is 60.4. The Bertz CT molecular complexity index is 1190. The molecule has 2 unspecified atom stereocenters. The van der Waals surface area contributed by atoms with Crippen LogP contribution in [0.2, 0.25) is 0 Å². The van der Waals surface area contributed by atoms with Crippen LogP contribution in [0.15, 0.2) is 48.6 Å². The van der Waals surface area contributed by atoms with Crippen LogP contribution in [0.4, 0.5) is 0 Å². The fourth-order valence-electron chi connectivity index (χ4n) is 9.47. The molecule has 0 radical (unpaired) electrons. The number of allylic oxidation sites excluding steroid dienone is 7. The SMILES string of the molecule is CCCC/C=C\C/C=C\CCCCCCCC(=O)OCCCCCC/C=C\CCCCCCCCCC(=O)NC(CO)C(O)/C=C/CCCCCCCCCCCCCCCCCCCCCCCCC. The predicted molar refractivity (Wildman–Crippen MR) is 310 cm³/mol. The van der Waals surface area contributed by atoms with Crippen molar-refractivity contribution in [2.75, 3.05) is 13.2 Å². The quantitative estimate of drug-likeness (QED) is 0.0321. The smallest absolute Gasteiger partial charge is 0.305 e. The summed E-state index contributed by atoms with van der Waals surface area (Å²) in [5, 5.41) is 23.2. The van der Waals surface area contributed by atoms with Gasteiger partial charge in [-0.05, 0) is 83.5 Å². The van der Waals surface area contributed by atoms with Crippen LogP contribution in [0.25, 0.3) is 0 Å². The van der Waals surface area contributed by atoms with Crippen LogP contribution in [-0.4, -0.2) is 47.4 Å². The van der Waals surface area contributed by atoms with Crippen molar-refractivity contribution in [1.82, 2.24) is 5.32 Å². The van der Waals surface area contributed by atoms with E-state index in [2.05, 4.69) is 55.6 Å². The summed E-state index contributed by atoms with van der Waals surface area (Å²) in [6, 6.07) is -0.642. The van der Waals surface area contributed by atoms with E-state index in [1.807, 2.05) is 6.08 Å². The fraction of sp³-hybridized carbons (Fsp3) is 0.846. The topological polar surface area (TPSA) is 95.9 Å². The molecule has 1 amide bonds. The highest BCUT2D eigenvalue weighted by atomic mass is 16.5. The Morgan fingerprint density at radius 1 is 0.394 bits per heavy atom. The summed E-state index contributed by atoms with van der Waals surface area (Å²) in [6.07, 6.45) is 77.2. The molecule has 0 aliphatic carbocycles. The lowest BCUT2D eigenvalue weighted by molar-refractivity contribution is -0.143. The molecule has 0 heterocycles. The Hall–Kier alpha value is -2.18. The van der Waals surface area contributed by atoms with Crippen LogP contribution < -0.4 is 5.32 Å². The van der Waals surface area contributed by atoms with Crippen molar-refractivity contribution in [3.8, 4) is 0 Å². The Balaban J connectivity index is 3.51. The lowest BCUT2D eigenvalue weighted by Gasteiger charge is -2.20. The molecule has 0 saturated heterocycles. The minimum atomic E-state index is -0.857. The van der Waals surface area contributed by atoms with Crippen molar-refractivity contribution in [3.63, 3.8) is 0 Å². The van der Waals surface area contributed by atoms with Crippen LogP contribution in [0.1, 0.15) is 328 Å². The van der Waals surface area contributed by atoms with E-state index in [1.54, 1.807) is 6.08 Å². The second-order valence-corrected chi connectivity index (χ2v) is 21.4. The zero-order valence-electron chi connectivity index (χ0n) is 47.5. The second-order valence-electron chi connectivity index (χ2n) is 21.4. The summed E-state index contributed by atoms with van der Waals surface area (Å²) in [5.41, 5.74) is 0. The summed E-state index contributed by atoms with van der Waals surface area (Å²) in [7, 11) is 0. The van der Waals surface area contributed by atoms with Gasteiger partial charge in [-0.1, -0.05) is 281 Å². The number of amides is 1. The minimum absolute atomic E-state index is 0.0257. The molecule has 0 aliphatic rings. The molecule has 0 bridgehead atoms. The monoisotopic (exact) mass is 996 g/mol. The highest BCUT2D eigenvalue weighted by Gasteiger charge is 2.18. The molecule has 0 aromatic carbocycles. The van der Waals surface area contributed by atoms with Crippen LogP contribution in [0.3, 0.4) is 0 Å². The molecule has 0 saturated carbocycles. The number of esters is 1. The van der Waals surface area contributed by atoms with Crippen LogP contribution in [0, 0.1) is 0 Å². The zero-order valence-corrected chi connectivity index (χ0v) is 47.5. The molecule has 71 heavy (non-hydrogen) atoms. The van der Waals surface area contributed by atoms with Gasteiger partial charge in [-0.2, -0.15) is 0 Å². The highest BCUT2D eigenvalue weighted by Crippen LogP contribution is 2.17. The van der Waals surface area contributed by atoms with Gasteiger partial charge in [0.2, 0.25) is 5.91 Å². The Morgan fingerprint density at radius 3 is 1.13 bits per heavy atom. The Labute approximate surface area is 442 Å². The van der Waals surface area contributed by atoms with Gasteiger partial charge in [0.25, 0.3) is 0 Å². The number of aliphatic hydroxyl groups is 2. The fourth-order valence-corrected chi connectivity index (χ4v) is 9.47. The van der Waals surface area contributed by atoms with Gasteiger partial charge in [0.05, 0.1) is 25.4 Å². The van der Waals surface area contributed by atoms with E-state index in [9.17, 15) is 19.8 Å². The van der Waals surface area contributed by atoms with Crippen molar-refractivity contribution >= 4 is 11.9 Å². The summed E-state index contributed by atoms with van der Waals surface area (Å²) in [4.78, 5) is 24.5. The first-order valence-corrected chi connectivity index (χ1v) is 31.4. The number of rotatable bonds is 58. The molecule has 0 fully saturated rings. The molecule has 0 rings (SSSR count). The number of nitrogens with one attached hydrogen (secondary N) is 1. The minimum Gasteiger partial charge on any atom is -0.466 e. The van der Waals surface area contributed by atoms with E-state index in [-0.39, 0.29) is 18.5 Å². The lowest BCUT2D eigenvalue weighted by atomic mass is 10.0. The average molecular weight is 997 g/mol. The molecule has 0 aromatic rings. The summed E-state index contributed by atoms with van der Waals surface area (Å²) >= 11 is 0. The maximum Gasteiger partial charge on any atom is 0.305 e. The van der Waals surface area contributed by atoms with Crippen molar-refractivity contribution in [2.45, 2.75) is 341 Å². The molecule has 6 heteroatoms. The summed E-state index contributed by atoms with van der Waals surface area (Å²) in [5.74, 6) is -0.107. The van der Waals surface area contributed by atoms with Crippen LogP contribution in [0.5, 0.6) is 0 Å². The number of carbonyl (C=O) groups excluding carboxylic acids is 2. The third-order valence-electron chi connectivity index (χ3n) is 14.3. The number of hydrogen-bond acceptors (Lipinski definition) is 5. The number of carbonyl (C=O) groups is 2. The summed E-state index contributed by atoms with van der Waals surface area (Å²) < 4.78 is 5.45. The van der Waals surface area contributed by atoms with Gasteiger partial charge in [-0.3, -0.25) is 9.59 Å². The van der Waals surface area contributed by atoms with E-state index < -0.39 is 12.1 Å². The maximum atomic E-state index is 12.5. The van der Waals surface area contributed by atoms with Crippen LogP contribution in [-0.2, 0) is 14.3 Å². The first-order chi connectivity index (χ1) is 35.0. The molecule has 0 aliphatic heterocycles. The first-order valence-electron chi connectivity index (χ1n) is 31.4. The molecule has 3 N–H and O–H groups in total. The van der Waals surface area contributed by atoms with E-state index in [0.717, 1.165) is 83.5 Å². The number of ether oxygens (including phenoxy) is 1. The van der Waals surface area contributed by atoms with Crippen molar-refractivity contribution in [2.24, 2.45) is 0 Å². The van der Waals surface area contributed by atoms with Crippen molar-refractivity contribution in [1.29, 1.82) is 0 Å². The molecular formula is C65H121NO5. The Kier molecular flexibility index (Phi) is 58.5. The van der Waals surface area contributed by atoms with E-state index in [0.29, 0.717) is 19.4 Å². The van der Waals surface area contributed by atoms with Gasteiger partial charge in [0.15, 0.2) is 0 Å². The average Bonchev–Trinajstić information content (AvgIpc) is 3.37. The number of aliphatic hydroxyl groups excluding tert-OH is 2. The van der Waals surface area contributed by atoms with Gasteiger partial charge in [0.1, 0.15) is 0 Å². The predicted octanol–water partition coefficient (Wildman–Crippen LogP) is 19.7. The zero-order chi connectivity index (χ0) is 51.4. The standard InChI is InChI=1S/C65H121NO5/c1-3-5-7-9-11-13-15-17-19-20-21-22-23-24-25-26-27-28-30-33-37-41-45-49-53-57-63(68)62(61-67)66-64(69)58-54-50-46-42-38-34-31-29-32-36-40-44-48-52-56-60-71-65(70)59-55-51-47-43-39-35-18-16-14-12-10-8-6-4-2/h10,12,16,18,32,36,53,57,62-63,67-68H,3-9,11,13-15,17,19-31,33-35,37-52,54-56,58-61H2,1-2H3,(H,66,69)/b12-10-,18-16-,36-32-,57-53+. The highest BCUT2D eigenvalue weighted by molar-refractivity contribution is 5.76. The van der Waals surface area contributed by atoms with Crippen molar-refractivity contribution in [3.05, 3.63) is 48.6 Å². The van der Waals surface area contributed by atoms with Gasteiger partial charge in [-0.25, -0.2) is 0 Å². The molecule has 2 atom stereocenters. The summed E-state index contributed by atoms with van der Waals surface area (Å²) in [6.45, 7) is 4.84. The molecule has 6 nitrogen and oxygen atoms in total.